The first kappa shape index (κ1) is 20.9. The molecule has 5 nitrogen and oxygen atoms in total. The molecule has 1 saturated heterocycles. The molecule has 1 aliphatic rings. The van der Waals surface area contributed by atoms with Crippen molar-refractivity contribution in [3.63, 3.8) is 0 Å². The molecule has 1 N–H and O–H groups in total. The van der Waals surface area contributed by atoms with Crippen LogP contribution in [0.25, 0.3) is 0 Å². The molecule has 0 radical (unpaired) electrons. The lowest BCUT2D eigenvalue weighted by Gasteiger charge is -2.18. The van der Waals surface area contributed by atoms with Gasteiger partial charge < -0.3 is 15.0 Å². The van der Waals surface area contributed by atoms with Gasteiger partial charge in [0, 0.05) is 24.3 Å². The summed E-state index contributed by atoms with van der Waals surface area (Å²) in [5.41, 5.74) is 3.89. The fourth-order valence-electron chi connectivity index (χ4n) is 3.32. The minimum atomic E-state index is -0.355. The minimum Gasteiger partial charge on any atom is -0.494 e. The van der Waals surface area contributed by atoms with E-state index in [1.54, 1.807) is 4.90 Å². The Kier molecular flexibility index (Phi) is 6.57. The first-order valence-corrected chi connectivity index (χ1v) is 10.2. The summed E-state index contributed by atoms with van der Waals surface area (Å²) in [4.78, 5) is 26.8. The summed E-state index contributed by atoms with van der Waals surface area (Å²) >= 11 is 0. The zero-order valence-electron chi connectivity index (χ0n) is 17.7. The second-order valence-corrected chi connectivity index (χ2v) is 8.22. The van der Waals surface area contributed by atoms with Crippen molar-refractivity contribution < 1.29 is 14.3 Å². The molecule has 0 saturated carbocycles. The summed E-state index contributed by atoms with van der Waals surface area (Å²) in [5.74, 6) is 0.901. The van der Waals surface area contributed by atoms with Crippen molar-refractivity contribution in [3.8, 4) is 5.75 Å². The quantitative estimate of drug-likeness (QED) is 0.739. The van der Waals surface area contributed by atoms with Crippen molar-refractivity contribution in [2.24, 2.45) is 11.8 Å². The van der Waals surface area contributed by atoms with Gasteiger partial charge in [0.15, 0.2) is 0 Å². The van der Waals surface area contributed by atoms with Crippen molar-refractivity contribution >= 4 is 23.2 Å². The molecule has 0 spiro atoms. The SMILES string of the molecule is Cc1ccc(N2C[C@H](C(=O)Nc3ccc(OCCC(C)C)cc3)CC2=O)cc1C. The maximum absolute atomic E-state index is 12.7. The van der Waals surface area contributed by atoms with Crippen molar-refractivity contribution in [2.75, 3.05) is 23.4 Å². The number of carbonyl (C=O) groups is 2. The van der Waals surface area contributed by atoms with Gasteiger partial charge in [0.25, 0.3) is 0 Å². The molecule has 0 aliphatic carbocycles. The molecule has 0 unspecified atom stereocenters. The van der Waals surface area contributed by atoms with Crippen LogP contribution in [-0.4, -0.2) is 25.0 Å². The van der Waals surface area contributed by atoms with E-state index in [0.717, 1.165) is 23.4 Å². The largest absolute Gasteiger partial charge is 0.494 e. The zero-order chi connectivity index (χ0) is 21.0. The lowest BCUT2D eigenvalue weighted by atomic mass is 10.1. The van der Waals surface area contributed by atoms with Gasteiger partial charge in [0.1, 0.15) is 5.75 Å². The van der Waals surface area contributed by atoms with E-state index in [9.17, 15) is 9.59 Å². The summed E-state index contributed by atoms with van der Waals surface area (Å²) in [7, 11) is 0. The molecule has 2 amide bonds. The molecule has 1 atom stereocenters. The van der Waals surface area contributed by atoms with Gasteiger partial charge >= 0.3 is 0 Å². The van der Waals surface area contributed by atoms with Crippen LogP contribution < -0.4 is 15.0 Å². The molecule has 3 rings (SSSR count). The lowest BCUT2D eigenvalue weighted by molar-refractivity contribution is -0.122. The van der Waals surface area contributed by atoms with Gasteiger partial charge in [-0.1, -0.05) is 19.9 Å². The Bertz CT molecular complexity index is 874. The third-order valence-electron chi connectivity index (χ3n) is 5.38. The smallest absolute Gasteiger partial charge is 0.229 e. The van der Waals surface area contributed by atoms with Crippen LogP contribution in [0.5, 0.6) is 5.75 Å². The highest BCUT2D eigenvalue weighted by molar-refractivity contribution is 6.03. The van der Waals surface area contributed by atoms with Crippen molar-refractivity contribution in [1.82, 2.24) is 0 Å². The Morgan fingerprint density at radius 2 is 1.86 bits per heavy atom. The third-order valence-corrected chi connectivity index (χ3v) is 5.38. The first-order chi connectivity index (χ1) is 13.8. The molecule has 0 aromatic heterocycles. The Morgan fingerprint density at radius 3 is 2.52 bits per heavy atom. The molecule has 29 heavy (non-hydrogen) atoms. The van der Waals surface area contributed by atoms with Crippen LogP contribution in [0.2, 0.25) is 0 Å². The standard InChI is InChI=1S/C24H30N2O3/c1-16(2)11-12-29-22-9-6-20(7-10-22)25-24(28)19-14-23(27)26(15-19)21-8-5-17(3)18(4)13-21/h5-10,13,16,19H,11-12,14-15H2,1-4H3,(H,25,28)/t19-/m1/s1. The monoisotopic (exact) mass is 394 g/mol. The van der Waals surface area contributed by atoms with Crippen molar-refractivity contribution in [1.29, 1.82) is 0 Å². The Morgan fingerprint density at radius 1 is 1.14 bits per heavy atom. The van der Waals surface area contributed by atoms with E-state index >= 15 is 0 Å². The normalized spacial score (nSPS) is 16.4. The van der Waals surface area contributed by atoms with Gasteiger partial charge in [-0.15, -0.1) is 0 Å². The Labute approximate surface area is 173 Å². The second kappa shape index (κ2) is 9.12. The Balaban J connectivity index is 1.57. The van der Waals surface area contributed by atoms with Crippen LogP contribution in [-0.2, 0) is 9.59 Å². The van der Waals surface area contributed by atoms with E-state index in [4.69, 9.17) is 4.74 Å². The van der Waals surface area contributed by atoms with Crippen LogP contribution in [0.15, 0.2) is 42.5 Å². The van der Waals surface area contributed by atoms with Crippen LogP contribution >= 0.6 is 0 Å². The molecule has 1 aliphatic heterocycles. The van der Waals surface area contributed by atoms with Crippen LogP contribution in [0, 0.1) is 25.7 Å². The van der Waals surface area contributed by atoms with Crippen LogP contribution in [0.1, 0.15) is 37.8 Å². The van der Waals surface area contributed by atoms with E-state index in [2.05, 4.69) is 19.2 Å². The summed E-state index contributed by atoms with van der Waals surface area (Å²) in [6.45, 7) is 9.49. The minimum absolute atomic E-state index is 0.0118. The Hall–Kier alpha value is -2.82. The fraction of sp³-hybridized carbons (Fsp3) is 0.417. The van der Waals surface area contributed by atoms with Crippen molar-refractivity contribution in [3.05, 3.63) is 53.6 Å². The van der Waals surface area contributed by atoms with E-state index in [1.807, 2.05) is 56.3 Å². The van der Waals surface area contributed by atoms with Crippen molar-refractivity contribution in [2.45, 2.75) is 40.5 Å². The summed E-state index contributed by atoms with van der Waals surface area (Å²) in [6, 6.07) is 13.3. The number of nitrogens with one attached hydrogen (secondary N) is 1. The highest BCUT2D eigenvalue weighted by Gasteiger charge is 2.35. The fourth-order valence-corrected chi connectivity index (χ4v) is 3.32. The number of aryl methyl sites for hydroxylation is 2. The van der Waals surface area contributed by atoms with E-state index < -0.39 is 0 Å². The molecule has 1 fully saturated rings. The van der Waals surface area contributed by atoms with Gasteiger partial charge in [-0.3, -0.25) is 9.59 Å². The topological polar surface area (TPSA) is 58.6 Å². The molecule has 154 valence electrons. The van der Waals surface area contributed by atoms with Crippen LogP contribution in [0.3, 0.4) is 0 Å². The lowest BCUT2D eigenvalue weighted by Crippen LogP contribution is -2.28. The summed E-state index contributed by atoms with van der Waals surface area (Å²) < 4.78 is 5.71. The number of nitrogens with zero attached hydrogens (tertiary/aromatic N) is 1. The average Bonchev–Trinajstić information content (AvgIpc) is 3.07. The molecule has 2 aromatic rings. The predicted molar refractivity (Wildman–Crippen MR) is 116 cm³/mol. The number of benzene rings is 2. The molecule has 0 bridgehead atoms. The first-order valence-electron chi connectivity index (χ1n) is 10.2. The number of hydrogen-bond donors (Lipinski definition) is 1. The van der Waals surface area contributed by atoms with E-state index in [0.29, 0.717) is 24.8 Å². The number of carbonyl (C=O) groups excluding carboxylic acids is 2. The van der Waals surface area contributed by atoms with Gasteiger partial charge in [-0.2, -0.15) is 0 Å². The number of anilines is 2. The maximum Gasteiger partial charge on any atom is 0.229 e. The number of amides is 2. The van der Waals surface area contributed by atoms with Gasteiger partial charge in [0.05, 0.1) is 12.5 Å². The summed E-state index contributed by atoms with van der Waals surface area (Å²) in [5, 5.41) is 2.93. The highest BCUT2D eigenvalue weighted by atomic mass is 16.5. The molecule has 1 heterocycles. The van der Waals surface area contributed by atoms with E-state index in [-0.39, 0.29) is 24.2 Å². The second-order valence-electron chi connectivity index (χ2n) is 8.22. The predicted octanol–water partition coefficient (Wildman–Crippen LogP) is 4.72. The molecule has 2 aromatic carbocycles. The van der Waals surface area contributed by atoms with Gasteiger partial charge in [-0.05, 0) is 73.7 Å². The molecular formula is C24H30N2O3. The number of hydrogen-bond acceptors (Lipinski definition) is 3. The molecule has 5 heteroatoms. The maximum atomic E-state index is 12.7. The van der Waals surface area contributed by atoms with Gasteiger partial charge in [0.2, 0.25) is 11.8 Å². The number of rotatable bonds is 7. The highest BCUT2D eigenvalue weighted by Crippen LogP contribution is 2.28. The number of ether oxygens (including phenoxy) is 1. The van der Waals surface area contributed by atoms with Crippen LogP contribution in [0.4, 0.5) is 11.4 Å². The summed E-state index contributed by atoms with van der Waals surface area (Å²) in [6.07, 6.45) is 1.24. The zero-order valence-corrected chi connectivity index (χ0v) is 17.7. The van der Waals surface area contributed by atoms with E-state index in [1.165, 1.54) is 5.56 Å². The third kappa shape index (κ3) is 5.37. The average molecular weight is 395 g/mol. The van der Waals surface area contributed by atoms with Gasteiger partial charge in [-0.25, -0.2) is 0 Å². The molecular weight excluding hydrogens is 364 g/mol.